The summed E-state index contributed by atoms with van der Waals surface area (Å²) in [5.74, 6) is 2.96. The van der Waals surface area contributed by atoms with Crippen LogP contribution in [0.2, 0.25) is 0 Å². The Labute approximate surface area is 327 Å². The Bertz CT molecular complexity index is 2610. The summed E-state index contributed by atoms with van der Waals surface area (Å²) in [5, 5.41) is 0. The third-order valence-electron chi connectivity index (χ3n) is 11.2. The number of thioether (sulfide) groups is 1. The maximum atomic E-state index is 5.18. The second-order valence-corrected chi connectivity index (χ2v) is 15.8. The quantitative estimate of drug-likeness (QED) is 0.153. The molecule has 3 nitrogen and oxygen atoms in total. The van der Waals surface area contributed by atoms with Crippen LogP contribution in [0.5, 0.6) is 0 Å². The predicted molar refractivity (Wildman–Crippen MR) is 228 cm³/mol. The smallest absolute Gasteiger partial charge is 0.164 e. The van der Waals surface area contributed by atoms with E-state index in [2.05, 4.69) is 170 Å². The van der Waals surface area contributed by atoms with Crippen LogP contribution < -0.4 is 0 Å². The summed E-state index contributed by atoms with van der Waals surface area (Å²) < 4.78 is 0. The first-order valence-electron chi connectivity index (χ1n) is 19.3. The van der Waals surface area contributed by atoms with Crippen LogP contribution in [0.4, 0.5) is 0 Å². The van der Waals surface area contributed by atoms with E-state index in [0.29, 0.717) is 29.3 Å². The number of rotatable bonds is 7. The normalized spacial score (nSPS) is 17.2. The SMILES string of the molecule is C1=CCC(c2cccc(-c3nc(-c4ccc(-c5ccccc5)cc4)nc(-c4ccc5c(c4)SC4=CC=C(c6ccc(-c7ccccc7)cc6)CC45)n3)c2)CC1. The molecule has 6 aromatic carbocycles. The van der Waals surface area contributed by atoms with Gasteiger partial charge in [0.2, 0.25) is 0 Å². The van der Waals surface area contributed by atoms with E-state index < -0.39 is 0 Å². The fraction of sp³-hybridized carbons (Fsp3) is 0.118. The fourth-order valence-corrected chi connectivity index (χ4v) is 9.44. The average Bonchev–Trinajstić information content (AvgIpc) is 3.65. The van der Waals surface area contributed by atoms with E-state index in [0.717, 1.165) is 36.0 Å². The molecule has 10 rings (SSSR count). The van der Waals surface area contributed by atoms with Crippen LogP contribution in [-0.2, 0) is 0 Å². The van der Waals surface area contributed by atoms with Crippen LogP contribution in [0.25, 0.3) is 62.0 Å². The van der Waals surface area contributed by atoms with Crippen molar-refractivity contribution < 1.29 is 0 Å². The highest BCUT2D eigenvalue weighted by Crippen LogP contribution is 2.54. The van der Waals surface area contributed by atoms with Crippen molar-refractivity contribution in [1.29, 1.82) is 0 Å². The summed E-state index contributed by atoms with van der Waals surface area (Å²) in [5.41, 5.74) is 13.3. The van der Waals surface area contributed by atoms with Crippen LogP contribution in [0.15, 0.2) is 186 Å². The van der Waals surface area contributed by atoms with Gasteiger partial charge in [-0.1, -0.05) is 176 Å². The van der Waals surface area contributed by atoms with Crippen molar-refractivity contribution in [2.75, 3.05) is 0 Å². The summed E-state index contributed by atoms with van der Waals surface area (Å²) in [6.07, 6.45) is 13.6. The molecule has 0 saturated carbocycles. The Morgan fingerprint density at radius 3 is 1.69 bits per heavy atom. The fourth-order valence-electron chi connectivity index (χ4n) is 8.19. The molecule has 1 aliphatic heterocycles. The first-order chi connectivity index (χ1) is 27.2. The molecule has 0 fully saturated rings. The third-order valence-corrected chi connectivity index (χ3v) is 12.5. The standard InChI is InChI=1S/C51H39N3S/c1-4-11-34(12-5-1)37-19-21-39(22-20-37)42-28-30-47-46(32-42)45-29-27-44(33-48(45)55-47)51-53-49(40-25-23-38(24-26-40)35-13-6-2-7-14-35)52-50(54-51)43-18-10-17-41(31-43)36-15-8-3-9-16-36/h1-8,10-14,17-31,33,36,46H,9,15-16,32H2. The van der Waals surface area contributed by atoms with Crippen molar-refractivity contribution in [3.63, 3.8) is 0 Å². The zero-order valence-electron chi connectivity index (χ0n) is 30.5. The van der Waals surface area contributed by atoms with Crippen LogP contribution >= 0.6 is 11.8 Å². The lowest BCUT2D eigenvalue weighted by molar-refractivity contribution is 0.617. The molecule has 2 atom stereocenters. The minimum atomic E-state index is 0.354. The summed E-state index contributed by atoms with van der Waals surface area (Å²) in [4.78, 5) is 18.1. The molecule has 264 valence electrons. The van der Waals surface area contributed by atoms with Gasteiger partial charge in [0.25, 0.3) is 0 Å². The first-order valence-corrected chi connectivity index (χ1v) is 20.1. The highest BCUT2D eigenvalue weighted by Gasteiger charge is 2.31. The molecule has 55 heavy (non-hydrogen) atoms. The summed E-state index contributed by atoms with van der Waals surface area (Å²) in [6, 6.07) is 54.3. The topological polar surface area (TPSA) is 38.7 Å². The van der Waals surface area contributed by atoms with Crippen LogP contribution in [-0.4, -0.2) is 15.0 Å². The van der Waals surface area contributed by atoms with E-state index in [1.54, 1.807) is 0 Å². The monoisotopic (exact) mass is 725 g/mol. The molecule has 7 aromatic rings. The molecule has 0 radical (unpaired) electrons. The average molecular weight is 726 g/mol. The molecular formula is C51H39N3S. The Hall–Kier alpha value is -6.10. The van der Waals surface area contributed by atoms with Crippen molar-refractivity contribution in [1.82, 2.24) is 15.0 Å². The van der Waals surface area contributed by atoms with Crippen molar-refractivity contribution in [2.45, 2.75) is 42.4 Å². The molecule has 1 aromatic heterocycles. The molecule has 4 heteroatoms. The third kappa shape index (κ3) is 6.79. The number of nitrogens with zero attached hydrogens (tertiary/aromatic N) is 3. The molecule has 0 spiro atoms. The lowest BCUT2D eigenvalue weighted by atomic mass is 9.85. The van der Waals surface area contributed by atoms with Gasteiger partial charge in [-0.05, 0) is 93.2 Å². The van der Waals surface area contributed by atoms with E-state index in [-0.39, 0.29) is 0 Å². The van der Waals surface area contributed by atoms with E-state index in [1.807, 2.05) is 17.8 Å². The Kier molecular flexibility index (Phi) is 8.89. The zero-order chi connectivity index (χ0) is 36.6. The van der Waals surface area contributed by atoms with Gasteiger partial charge in [0.1, 0.15) is 0 Å². The van der Waals surface area contributed by atoms with Gasteiger partial charge in [-0.25, -0.2) is 15.0 Å². The van der Waals surface area contributed by atoms with Gasteiger partial charge in [-0.3, -0.25) is 0 Å². The minimum absolute atomic E-state index is 0.354. The van der Waals surface area contributed by atoms with Crippen molar-refractivity contribution in [3.05, 3.63) is 198 Å². The largest absolute Gasteiger partial charge is 0.208 e. The number of benzene rings is 6. The minimum Gasteiger partial charge on any atom is -0.208 e. The van der Waals surface area contributed by atoms with Gasteiger partial charge in [0.15, 0.2) is 17.5 Å². The lowest BCUT2D eigenvalue weighted by Crippen LogP contribution is -2.03. The van der Waals surface area contributed by atoms with Gasteiger partial charge < -0.3 is 0 Å². The van der Waals surface area contributed by atoms with Crippen LogP contribution in [0.3, 0.4) is 0 Å². The molecule has 2 unspecified atom stereocenters. The highest BCUT2D eigenvalue weighted by molar-refractivity contribution is 8.03. The lowest BCUT2D eigenvalue weighted by Gasteiger charge is -2.20. The number of hydrogen-bond acceptors (Lipinski definition) is 4. The number of fused-ring (bicyclic) bond motifs is 3. The first kappa shape index (κ1) is 33.5. The zero-order valence-corrected chi connectivity index (χ0v) is 31.3. The molecule has 3 aliphatic rings. The summed E-state index contributed by atoms with van der Waals surface area (Å²) in [7, 11) is 0. The molecule has 0 saturated heterocycles. The summed E-state index contributed by atoms with van der Waals surface area (Å²) in [6.45, 7) is 0. The second-order valence-electron chi connectivity index (χ2n) is 14.7. The van der Waals surface area contributed by atoms with Crippen LogP contribution in [0, 0.1) is 0 Å². The molecule has 0 bridgehead atoms. The van der Waals surface area contributed by atoms with E-state index in [4.69, 9.17) is 15.0 Å². The molecular weight excluding hydrogens is 687 g/mol. The molecule has 2 heterocycles. The van der Waals surface area contributed by atoms with Crippen molar-refractivity contribution in [2.24, 2.45) is 0 Å². The van der Waals surface area contributed by atoms with Gasteiger partial charge in [0, 0.05) is 27.5 Å². The number of hydrogen-bond donors (Lipinski definition) is 0. The van der Waals surface area contributed by atoms with Crippen molar-refractivity contribution in [3.8, 4) is 56.4 Å². The number of allylic oxidation sites excluding steroid dienone is 6. The predicted octanol–water partition coefficient (Wildman–Crippen LogP) is 13.6. The highest BCUT2D eigenvalue weighted by atomic mass is 32.2. The Morgan fingerprint density at radius 1 is 0.473 bits per heavy atom. The van der Waals surface area contributed by atoms with Crippen LogP contribution in [0.1, 0.15) is 54.2 Å². The summed E-state index contributed by atoms with van der Waals surface area (Å²) >= 11 is 1.88. The Morgan fingerprint density at radius 2 is 1.04 bits per heavy atom. The second kappa shape index (κ2) is 14.6. The molecule has 0 N–H and O–H groups in total. The van der Waals surface area contributed by atoms with Crippen molar-refractivity contribution >= 4 is 17.3 Å². The van der Waals surface area contributed by atoms with Gasteiger partial charge in [-0.15, -0.1) is 0 Å². The molecule has 0 amide bonds. The van der Waals surface area contributed by atoms with Gasteiger partial charge >= 0.3 is 0 Å². The maximum Gasteiger partial charge on any atom is 0.164 e. The van der Waals surface area contributed by atoms with E-state index in [9.17, 15) is 0 Å². The van der Waals surface area contributed by atoms with Gasteiger partial charge in [0.05, 0.1) is 0 Å². The molecule has 2 aliphatic carbocycles. The number of aromatic nitrogens is 3. The Balaban J connectivity index is 0.974. The maximum absolute atomic E-state index is 5.18. The van der Waals surface area contributed by atoms with E-state index in [1.165, 1.54) is 60.7 Å². The van der Waals surface area contributed by atoms with E-state index >= 15 is 0 Å². The van der Waals surface area contributed by atoms with Gasteiger partial charge in [-0.2, -0.15) is 0 Å².